The molecule has 0 radical (unpaired) electrons. The summed E-state index contributed by atoms with van der Waals surface area (Å²) >= 11 is 0. The van der Waals surface area contributed by atoms with Gasteiger partial charge in [-0.05, 0) is 12.0 Å². The maximum atomic E-state index is 11.7. The Balaban J connectivity index is 2.44. The van der Waals surface area contributed by atoms with E-state index in [1.807, 2.05) is 44.2 Å². The van der Waals surface area contributed by atoms with Crippen molar-refractivity contribution in [3.05, 3.63) is 41.4 Å². The van der Waals surface area contributed by atoms with E-state index in [9.17, 15) is 4.79 Å². The number of nitrogens with zero attached hydrogens (tertiary/aromatic N) is 2. The highest BCUT2D eigenvalue weighted by Crippen LogP contribution is 2.05. The maximum absolute atomic E-state index is 11.7. The van der Waals surface area contributed by atoms with Crippen molar-refractivity contribution in [1.82, 2.24) is 0 Å². The first-order valence-corrected chi connectivity index (χ1v) is 6.12. The zero-order valence-corrected chi connectivity index (χ0v) is 10.8. The fraction of sp³-hybridized carbons (Fsp3) is 0.429. The SMILES string of the molecule is CCC(C)C(=[N+]=[N-])C(=O)OCCc1ccccc1. The number of rotatable bonds is 6. The topological polar surface area (TPSA) is 62.7 Å². The van der Waals surface area contributed by atoms with Crippen LogP contribution < -0.4 is 0 Å². The van der Waals surface area contributed by atoms with Crippen LogP contribution in [0.25, 0.3) is 5.53 Å². The summed E-state index contributed by atoms with van der Waals surface area (Å²) in [5.74, 6) is -0.637. The van der Waals surface area contributed by atoms with Crippen LogP contribution in [0.4, 0.5) is 0 Å². The van der Waals surface area contributed by atoms with Gasteiger partial charge >= 0.3 is 11.7 Å². The summed E-state index contributed by atoms with van der Waals surface area (Å²) < 4.78 is 5.09. The Morgan fingerprint density at radius 2 is 2.06 bits per heavy atom. The van der Waals surface area contributed by atoms with Crippen LogP contribution in [0.1, 0.15) is 25.8 Å². The zero-order valence-electron chi connectivity index (χ0n) is 10.8. The molecular weight excluding hydrogens is 228 g/mol. The number of benzene rings is 1. The molecule has 4 nitrogen and oxygen atoms in total. The van der Waals surface area contributed by atoms with Crippen LogP contribution >= 0.6 is 0 Å². The molecule has 96 valence electrons. The summed E-state index contributed by atoms with van der Waals surface area (Å²) in [4.78, 5) is 14.7. The summed E-state index contributed by atoms with van der Waals surface area (Å²) in [7, 11) is 0. The molecule has 1 unspecified atom stereocenters. The number of carbonyl (C=O) groups is 1. The second-order valence-electron chi connectivity index (χ2n) is 4.17. The third-order valence-corrected chi connectivity index (χ3v) is 2.86. The normalized spacial score (nSPS) is 11.4. The molecule has 0 saturated carbocycles. The summed E-state index contributed by atoms with van der Waals surface area (Å²) in [6.07, 6.45) is 1.39. The van der Waals surface area contributed by atoms with Crippen molar-refractivity contribution in [2.75, 3.05) is 6.61 Å². The van der Waals surface area contributed by atoms with E-state index in [4.69, 9.17) is 10.3 Å². The van der Waals surface area contributed by atoms with E-state index < -0.39 is 5.97 Å². The Morgan fingerprint density at radius 1 is 1.39 bits per heavy atom. The highest BCUT2D eigenvalue weighted by atomic mass is 16.5. The first kappa shape index (κ1) is 14.1. The Kier molecular flexibility index (Phi) is 5.81. The molecule has 0 aliphatic heterocycles. The van der Waals surface area contributed by atoms with Crippen molar-refractivity contribution in [2.45, 2.75) is 26.7 Å². The van der Waals surface area contributed by atoms with Crippen LogP contribution in [0, 0.1) is 5.92 Å². The van der Waals surface area contributed by atoms with Crippen LogP contribution in [-0.4, -0.2) is 23.1 Å². The minimum Gasteiger partial charge on any atom is -0.457 e. The maximum Gasteiger partial charge on any atom is 0.417 e. The van der Waals surface area contributed by atoms with Crippen molar-refractivity contribution in [3.8, 4) is 0 Å². The highest BCUT2D eigenvalue weighted by Gasteiger charge is 2.27. The predicted molar refractivity (Wildman–Crippen MR) is 69.2 cm³/mol. The Labute approximate surface area is 107 Å². The van der Waals surface area contributed by atoms with Gasteiger partial charge in [-0.25, -0.2) is 4.79 Å². The van der Waals surface area contributed by atoms with Gasteiger partial charge in [-0.1, -0.05) is 44.2 Å². The van der Waals surface area contributed by atoms with Gasteiger partial charge in [0.05, 0.1) is 12.5 Å². The van der Waals surface area contributed by atoms with E-state index in [1.165, 1.54) is 0 Å². The monoisotopic (exact) mass is 246 g/mol. The summed E-state index contributed by atoms with van der Waals surface area (Å²) in [6.45, 7) is 4.04. The summed E-state index contributed by atoms with van der Waals surface area (Å²) in [5.41, 5.74) is 10.00. The Morgan fingerprint density at radius 3 is 2.61 bits per heavy atom. The van der Waals surface area contributed by atoms with E-state index >= 15 is 0 Å². The van der Waals surface area contributed by atoms with Gasteiger partial charge in [0.25, 0.3) is 0 Å². The molecule has 0 amide bonds. The second kappa shape index (κ2) is 7.41. The molecular formula is C14H18N2O2. The first-order valence-electron chi connectivity index (χ1n) is 6.12. The third kappa shape index (κ3) is 4.15. The van der Waals surface area contributed by atoms with Gasteiger partial charge in [-0.3, -0.25) is 0 Å². The number of hydrogen-bond acceptors (Lipinski definition) is 2. The van der Waals surface area contributed by atoms with Gasteiger partial charge in [0, 0.05) is 6.42 Å². The fourth-order valence-corrected chi connectivity index (χ4v) is 1.51. The van der Waals surface area contributed by atoms with Gasteiger partial charge in [-0.2, -0.15) is 4.79 Å². The van der Waals surface area contributed by atoms with E-state index in [0.717, 1.165) is 12.0 Å². The zero-order chi connectivity index (χ0) is 13.4. The minimum absolute atomic E-state index is 0.0885. The average molecular weight is 246 g/mol. The minimum atomic E-state index is -0.539. The van der Waals surface area contributed by atoms with Crippen molar-refractivity contribution in [1.29, 1.82) is 0 Å². The van der Waals surface area contributed by atoms with Crippen molar-refractivity contribution in [2.24, 2.45) is 5.92 Å². The van der Waals surface area contributed by atoms with E-state index in [1.54, 1.807) is 0 Å². The molecule has 0 saturated heterocycles. The lowest BCUT2D eigenvalue weighted by molar-refractivity contribution is -0.141. The summed E-state index contributed by atoms with van der Waals surface area (Å²) in [5, 5.41) is 0. The molecule has 0 aromatic heterocycles. The van der Waals surface area contributed by atoms with Crippen LogP contribution in [0.2, 0.25) is 0 Å². The molecule has 0 fully saturated rings. The number of ether oxygens (including phenoxy) is 1. The average Bonchev–Trinajstić information content (AvgIpc) is 2.40. The van der Waals surface area contributed by atoms with E-state index in [2.05, 4.69) is 4.79 Å². The van der Waals surface area contributed by atoms with Crippen molar-refractivity contribution in [3.63, 3.8) is 0 Å². The predicted octanol–water partition coefficient (Wildman–Crippen LogP) is 2.49. The number of hydrogen-bond donors (Lipinski definition) is 0. The molecule has 0 N–H and O–H groups in total. The Hall–Kier alpha value is -1.93. The van der Waals surface area contributed by atoms with E-state index in [0.29, 0.717) is 6.42 Å². The van der Waals surface area contributed by atoms with E-state index in [-0.39, 0.29) is 18.2 Å². The van der Waals surface area contributed by atoms with Gasteiger partial charge in [0.15, 0.2) is 0 Å². The smallest absolute Gasteiger partial charge is 0.417 e. The third-order valence-electron chi connectivity index (χ3n) is 2.86. The van der Waals surface area contributed by atoms with Gasteiger partial charge < -0.3 is 10.3 Å². The van der Waals surface area contributed by atoms with Gasteiger partial charge in [0.2, 0.25) is 0 Å². The molecule has 1 aromatic rings. The van der Waals surface area contributed by atoms with Gasteiger partial charge in [0.1, 0.15) is 0 Å². The molecule has 0 bridgehead atoms. The second-order valence-corrected chi connectivity index (χ2v) is 4.17. The molecule has 0 heterocycles. The number of carbonyl (C=O) groups excluding carboxylic acids is 1. The first-order chi connectivity index (χ1) is 8.69. The molecule has 0 spiro atoms. The van der Waals surface area contributed by atoms with Crippen LogP contribution in [0.15, 0.2) is 30.3 Å². The molecule has 1 aromatic carbocycles. The molecule has 4 heteroatoms. The lowest BCUT2D eigenvalue weighted by Crippen LogP contribution is -2.25. The molecule has 0 aliphatic rings. The highest BCUT2D eigenvalue weighted by molar-refractivity contribution is 6.34. The lowest BCUT2D eigenvalue weighted by Gasteiger charge is -2.05. The number of esters is 1. The van der Waals surface area contributed by atoms with Crippen LogP contribution in [0.5, 0.6) is 0 Å². The fourth-order valence-electron chi connectivity index (χ4n) is 1.51. The molecule has 1 atom stereocenters. The lowest BCUT2D eigenvalue weighted by atomic mass is 10.0. The van der Waals surface area contributed by atoms with Crippen LogP contribution in [-0.2, 0) is 16.0 Å². The summed E-state index contributed by atoms with van der Waals surface area (Å²) in [6, 6.07) is 9.77. The van der Waals surface area contributed by atoms with Gasteiger partial charge in [-0.15, -0.1) is 0 Å². The van der Waals surface area contributed by atoms with Crippen LogP contribution in [0.3, 0.4) is 0 Å². The largest absolute Gasteiger partial charge is 0.457 e. The standard InChI is InChI=1S/C14H18N2O2/c1-3-11(2)13(16-15)14(17)18-10-9-12-7-5-4-6-8-12/h4-8,11H,3,9-10H2,1-2H3. The Bertz CT molecular complexity index is 436. The molecule has 1 rings (SSSR count). The molecule has 18 heavy (non-hydrogen) atoms. The van der Waals surface area contributed by atoms with Crippen molar-refractivity contribution >= 4 is 11.7 Å². The molecule has 0 aliphatic carbocycles. The van der Waals surface area contributed by atoms with Crippen molar-refractivity contribution < 1.29 is 14.3 Å². The quantitative estimate of drug-likeness (QED) is 0.335.